The molecule has 0 bridgehead atoms. The maximum absolute atomic E-state index is 11.7. The Kier molecular flexibility index (Phi) is 11.0. The molecule has 1 aliphatic carbocycles. The van der Waals surface area contributed by atoms with Gasteiger partial charge in [-0.05, 0) is 98.0 Å². The van der Waals surface area contributed by atoms with E-state index in [1.54, 1.807) is 28.4 Å². The third kappa shape index (κ3) is 7.42. The molecule has 2 N–H and O–H groups in total. The number of carboxylic acids is 1. The number of carbonyl (C=O) groups is 1. The number of aliphatic carboxylic acids is 1. The van der Waals surface area contributed by atoms with E-state index in [9.17, 15) is 9.90 Å². The normalized spacial score (nSPS) is 16.6. The van der Waals surface area contributed by atoms with Crippen molar-refractivity contribution in [2.75, 3.05) is 41.5 Å². The van der Waals surface area contributed by atoms with Gasteiger partial charge in [0.15, 0.2) is 23.0 Å². The van der Waals surface area contributed by atoms with Gasteiger partial charge >= 0.3 is 5.97 Å². The molecule has 0 radical (unpaired) electrons. The van der Waals surface area contributed by atoms with E-state index in [0.717, 1.165) is 68.9 Å². The molecular weight excluding hydrogens is 470 g/mol. The number of methoxy groups -OCH3 is 4. The molecule has 0 aromatic heterocycles. The van der Waals surface area contributed by atoms with Crippen molar-refractivity contribution in [3.8, 4) is 23.0 Å². The molecule has 0 fully saturated rings. The van der Waals surface area contributed by atoms with Crippen LogP contribution in [0.1, 0.15) is 42.4 Å². The van der Waals surface area contributed by atoms with Gasteiger partial charge in [0, 0.05) is 0 Å². The molecular formula is C27H38ClNO6. The molecule has 0 heterocycles. The zero-order valence-corrected chi connectivity index (χ0v) is 22.0. The summed E-state index contributed by atoms with van der Waals surface area (Å²) in [7, 11) is 6.55. The predicted octanol–water partition coefficient (Wildman–Crippen LogP) is 4.71. The summed E-state index contributed by atoms with van der Waals surface area (Å²) in [5.41, 5.74) is 3.34. The van der Waals surface area contributed by atoms with Crippen molar-refractivity contribution < 1.29 is 28.8 Å². The number of ether oxygens (including phenoxy) is 4. The van der Waals surface area contributed by atoms with E-state index in [4.69, 9.17) is 18.9 Å². The van der Waals surface area contributed by atoms with E-state index in [1.165, 1.54) is 16.7 Å². The van der Waals surface area contributed by atoms with Crippen LogP contribution < -0.4 is 24.3 Å². The SMILES string of the molecule is COc1ccc(CCCNCCC2(CC(=O)O)CCc3cc(OC)c(OC)cc3C2)cc1OC.Cl. The maximum Gasteiger partial charge on any atom is 0.303 e. The number of aryl methyl sites for hydroxylation is 2. The lowest BCUT2D eigenvalue weighted by atomic mass is 9.67. The van der Waals surface area contributed by atoms with Gasteiger partial charge in [0.25, 0.3) is 0 Å². The summed E-state index contributed by atoms with van der Waals surface area (Å²) >= 11 is 0. The Labute approximate surface area is 214 Å². The second kappa shape index (κ2) is 13.4. The first-order valence-corrected chi connectivity index (χ1v) is 11.8. The molecule has 0 amide bonds. The Bertz CT molecular complexity index is 982. The van der Waals surface area contributed by atoms with Gasteiger partial charge in [-0.3, -0.25) is 4.79 Å². The summed E-state index contributed by atoms with van der Waals surface area (Å²) in [6.45, 7) is 1.67. The average Bonchev–Trinajstić information content (AvgIpc) is 2.84. The molecule has 1 aliphatic rings. The molecule has 1 atom stereocenters. The number of nitrogens with one attached hydrogen (secondary N) is 1. The lowest BCUT2D eigenvalue weighted by Crippen LogP contribution is -2.35. The van der Waals surface area contributed by atoms with E-state index in [1.807, 2.05) is 24.3 Å². The quantitative estimate of drug-likeness (QED) is 0.380. The molecule has 2 aromatic rings. The van der Waals surface area contributed by atoms with E-state index < -0.39 is 5.97 Å². The van der Waals surface area contributed by atoms with Crippen LogP contribution in [0.2, 0.25) is 0 Å². The Morgan fingerprint density at radius 2 is 1.54 bits per heavy atom. The van der Waals surface area contributed by atoms with Gasteiger partial charge in [0.05, 0.1) is 34.9 Å². The molecule has 194 valence electrons. The zero-order chi connectivity index (χ0) is 24.6. The van der Waals surface area contributed by atoms with Crippen molar-refractivity contribution in [1.29, 1.82) is 0 Å². The Hall–Kier alpha value is -2.64. The Balaban J connectivity index is 0.00000432. The number of fused-ring (bicyclic) bond motifs is 1. The van der Waals surface area contributed by atoms with E-state index >= 15 is 0 Å². The average molecular weight is 508 g/mol. The Morgan fingerprint density at radius 3 is 2.17 bits per heavy atom. The maximum atomic E-state index is 11.7. The zero-order valence-electron chi connectivity index (χ0n) is 21.1. The van der Waals surface area contributed by atoms with Crippen LogP contribution in [0, 0.1) is 5.41 Å². The van der Waals surface area contributed by atoms with Gasteiger partial charge in [-0.1, -0.05) is 6.07 Å². The van der Waals surface area contributed by atoms with Gasteiger partial charge < -0.3 is 29.4 Å². The van der Waals surface area contributed by atoms with Gasteiger partial charge in [-0.25, -0.2) is 0 Å². The lowest BCUT2D eigenvalue weighted by molar-refractivity contribution is -0.140. The fourth-order valence-corrected chi connectivity index (χ4v) is 4.96. The summed E-state index contributed by atoms with van der Waals surface area (Å²) in [4.78, 5) is 11.7. The molecule has 8 heteroatoms. The monoisotopic (exact) mass is 507 g/mol. The predicted molar refractivity (Wildman–Crippen MR) is 139 cm³/mol. The third-order valence-electron chi connectivity index (χ3n) is 6.82. The first kappa shape index (κ1) is 28.6. The van der Waals surface area contributed by atoms with Crippen molar-refractivity contribution in [3.63, 3.8) is 0 Å². The summed E-state index contributed by atoms with van der Waals surface area (Å²) < 4.78 is 21.6. The topological polar surface area (TPSA) is 86.3 Å². The second-order valence-electron chi connectivity index (χ2n) is 9.02. The highest BCUT2D eigenvalue weighted by atomic mass is 35.5. The highest BCUT2D eigenvalue weighted by molar-refractivity contribution is 5.85. The highest BCUT2D eigenvalue weighted by Gasteiger charge is 2.36. The van der Waals surface area contributed by atoms with Crippen LogP contribution >= 0.6 is 12.4 Å². The molecule has 0 saturated carbocycles. The summed E-state index contributed by atoms with van der Waals surface area (Å²) in [5, 5.41) is 13.1. The van der Waals surface area contributed by atoms with Crippen LogP contribution in [0.5, 0.6) is 23.0 Å². The first-order chi connectivity index (χ1) is 16.4. The minimum Gasteiger partial charge on any atom is -0.493 e. The van der Waals surface area contributed by atoms with Crippen LogP contribution in [-0.4, -0.2) is 52.6 Å². The molecule has 1 unspecified atom stereocenters. The second-order valence-corrected chi connectivity index (χ2v) is 9.02. The summed E-state index contributed by atoms with van der Waals surface area (Å²) in [5.74, 6) is 2.16. The summed E-state index contributed by atoms with van der Waals surface area (Å²) in [6.07, 6.45) is 5.36. The number of hydrogen-bond donors (Lipinski definition) is 2. The number of carboxylic acid groups (broad SMARTS) is 1. The molecule has 0 spiro atoms. The van der Waals surface area contributed by atoms with Gasteiger partial charge in [0.2, 0.25) is 0 Å². The van der Waals surface area contributed by atoms with Crippen molar-refractivity contribution in [2.24, 2.45) is 5.41 Å². The molecule has 0 saturated heterocycles. The van der Waals surface area contributed by atoms with Crippen molar-refractivity contribution >= 4 is 18.4 Å². The lowest BCUT2D eigenvalue weighted by Gasteiger charge is -2.38. The van der Waals surface area contributed by atoms with E-state index in [-0.39, 0.29) is 24.2 Å². The number of halogens is 1. The number of rotatable bonds is 13. The standard InChI is InChI=1S/C27H37NO6.ClH/c1-31-22-8-7-19(14-23(22)32-2)6-5-12-28-13-11-27(18-26(29)30)10-9-20-15-24(33-3)25(34-4)16-21(20)17-27;/h7-8,14-16,28H,5-6,9-13,17-18H2,1-4H3,(H,29,30);1H. The first-order valence-electron chi connectivity index (χ1n) is 11.8. The minimum atomic E-state index is -0.739. The van der Waals surface area contributed by atoms with Crippen LogP contribution in [-0.2, 0) is 24.1 Å². The number of benzene rings is 2. The Morgan fingerprint density at radius 1 is 0.914 bits per heavy atom. The summed E-state index contributed by atoms with van der Waals surface area (Å²) in [6, 6.07) is 10.1. The smallest absolute Gasteiger partial charge is 0.303 e. The van der Waals surface area contributed by atoms with Crippen LogP contribution in [0.15, 0.2) is 30.3 Å². The molecule has 7 nitrogen and oxygen atoms in total. The van der Waals surface area contributed by atoms with Gasteiger partial charge in [-0.15, -0.1) is 12.4 Å². The molecule has 3 rings (SSSR count). The highest BCUT2D eigenvalue weighted by Crippen LogP contribution is 2.44. The largest absolute Gasteiger partial charge is 0.493 e. The van der Waals surface area contributed by atoms with Gasteiger partial charge in [-0.2, -0.15) is 0 Å². The van der Waals surface area contributed by atoms with Crippen molar-refractivity contribution in [2.45, 2.75) is 44.9 Å². The van der Waals surface area contributed by atoms with Crippen LogP contribution in [0.3, 0.4) is 0 Å². The van der Waals surface area contributed by atoms with Crippen LogP contribution in [0.25, 0.3) is 0 Å². The van der Waals surface area contributed by atoms with Crippen molar-refractivity contribution in [3.05, 3.63) is 47.0 Å². The molecule has 0 aliphatic heterocycles. The molecule has 2 aromatic carbocycles. The fourth-order valence-electron chi connectivity index (χ4n) is 4.96. The fraction of sp³-hybridized carbons (Fsp3) is 0.519. The van der Waals surface area contributed by atoms with Crippen LogP contribution in [0.4, 0.5) is 0 Å². The third-order valence-corrected chi connectivity index (χ3v) is 6.82. The molecule has 35 heavy (non-hydrogen) atoms. The minimum absolute atomic E-state index is 0. The van der Waals surface area contributed by atoms with E-state index in [0.29, 0.717) is 5.75 Å². The van der Waals surface area contributed by atoms with Gasteiger partial charge in [0.1, 0.15) is 0 Å². The van der Waals surface area contributed by atoms with E-state index in [2.05, 4.69) is 11.4 Å². The van der Waals surface area contributed by atoms with Crippen molar-refractivity contribution in [1.82, 2.24) is 5.32 Å². The number of hydrogen-bond acceptors (Lipinski definition) is 6.